The zero-order valence-electron chi connectivity index (χ0n) is 9.13. The number of ether oxygens (including phenoxy) is 1. The van der Waals surface area contributed by atoms with Gasteiger partial charge in [0, 0.05) is 0 Å². The Kier molecular flexibility index (Phi) is 6.04. The van der Waals surface area contributed by atoms with E-state index in [1.54, 1.807) is 0 Å². The van der Waals surface area contributed by atoms with E-state index in [1.165, 1.54) is 6.92 Å². The number of carbonyl (C=O) groups excluding carboxylic acids is 2. The molecule has 1 unspecified atom stereocenters. The SMILES string of the molecule is C=C(C)COC(CC)C(=O)CC(C)=O. The van der Waals surface area contributed by atoms with E-state index in [0.29, 0.717) is 13.0 Å². The largest absolute Gasteiger partial charge is 0.366 e. The van der Waals surface area contributed by atoms with E-state index in [2.05, 4.69) is 6.58 Å². The Morgan fingerprint density at radius 2 is 1.93 bits per heavy atom. The standard InChI is InChI=1S/C11H18O3/c1-5-11(14-7-8(2)3)10(13)6-9(4)12/h11H,2,5-7H2,1,3-4H3. The molecule has 0 heterocycles. The monoisotopic (exact) mass is 198 g/mol. The predicted molar refractivity (Wildman–Crippen MR) is 55.2 cm³/mol. The maximum Gasteiger partial charge on any atom is 0.168 e. The Hall–Kier alpha value is -0.960. The molecule has 0 bridgehead atoms. The van der Waals surface area contributed by atoms with Crippen LogP contribution in [0, 0.1) is 0 Å². The second-order valence-electron chi connectivity index (χ2n) is 3.51. The first-order chi connectivity index (χ1) is 6.47. The minimum Gasteiger partial charge on any atom is -0.366 e. The van der Waals surface area contributed by atoms with Crippen LogP contribution in [0.15, 0.2) is 12.2 Å². The molecule has 0 radical (unpaired) electrons. The Morgan fingerprint density at radius 1 is 1.36 bits per heavy atom. The second-order valence-corrected chi connectivity index (χ2v) is 3.51. The number of hydrogen-bond donors (Lipinski definition) is 0. The van der Waals surface area contributed by atoms with Crippen molar-refractivity contribution in [3.05, 3.63) is 12.2 Å². The van der Waals surface area contributed by atoms with Crippen LogP contribution in [0.2, 0.25) is 0 Å². The highest BCUT2D eigenvalue weighted by Gasteiger charge is 2.17. The summed E-state index contributed by atoms with van der Waals surface area (Å²) < 4.78 is 5.31. The molecule has 0 aromatic carbocycles. The molecular weight excluding hydrogens is 180 g/mol. The molecule has 0 rings (SSSR count). The molecule has 0 fully saturated rings. The van der Waals surface area contributed by atoms with Crippen LogP contribution >= 0.6 is 0 Å². The van der Waals surface area contributed by atoms with Crippen molar-refractivity contribution in [2.24, 2.45) is 0 Å². The third-order valence-corrected chi connectivity index (χ3v) is 1.68. The molecule has 0 saturated heterocycles. The van der Waals surface area contributed by atoms with Crippen molar-refractivity contribution < 1.29 is 14.3 Å². The molecule has 3 heteroatoms. The van der Waals surface area contributed by atoms with Crippen LogP contribution in [-0.4, -0.2) is 24.3 Å². The molecule has 3 nitrogen and oxygen atoms in total. The van der Waals surface area contributed by atoms with Gasteiger partial charge in [0.05, 0.1) is 13.0 Å². The van der Waals surface area contributed by atoms with Gasteiger partial charge in [-0.3, -0.25) is 9.59 Å². The van der Waals surface area contributed by atoms with Gasteiger partial charge in [-0.2, -0.15) is 0 Å². The first-order valence-electron chi connectivity index (χ1n) is 4.75. The molecular formula is C11H18O3. The minimum atomic E-state index is -0.462. The molecule has 0 spiro atoms. The summed E-state index contributed by atoms with van der Waals surface area (Å²) in [5, 5.41) is 0. The van der Waals surface area contributed by atoms with E-state index in [0.717, 1.165) is 5.57 Å². The van der Waals surface area contributed by atoms with Crippen LogP contribution < -0.4 is 0 Å². The first kappa shape index (κ1) is 13.0. The molecule has 0 aromatic rings. The van der Waals surface area contributed by atoms with Gasteiger partial charge in [0.2, 0.25) is 0 Å². The average Bonchev–Trinajstić information content (AvgIpc) is 2.03. The average molecular weight is 198 g/mol. The third kappa shape index (κ3) is 5.65. The van der Waals surface area contributed by atoms with Gasteiger partial charge >= 0.3 is 0 Å². The zero-order chi connectivity index (χ0) is 11.1. The van der Waals surface area contributed by atoms with Crippen LogP contribution in [0.4, 0.5) is 0 Å². The van der Waals surface area contributed by atoms with Crippen LogP contribution in [0.3, 0.4) is 0 Å². The van der Waals surface area contributed by atoms with Gasteiger partial charge in [0.15, 0.2) is 5.78 Å². The molecule has 14 heavy (non-hydrogen) atoms. The van der Waals surface area contributed by atoms with Crippen molar-refractivity contribution in [2.75, 3.05) is 6.61 Å². The number of Topliss-reactive ketones (excluding diaryl/α,β-unsaturated/α-hetero) is 2. The molecule has 0 saturated carbocycles. The van der Waals surface area contributed by atoms with Gasteiger partial charge in [0.25, 0.3) is 0 Å². The molecule has 80 valence electrons. The summed E-state index contributed by atoms with van der Waals surface area (Å²) in [7, 11) is 0. The lowest BCUT2D eigenvalue weighted by molar-refractivity contribution is -0.133. The highest BCUT2D eigenvalue weighted by Crippen LogP contribution is 2.05. The van der Waals surface area contributed by atoms with E-state index >= 15 is 0 Å². The van der Waals surface area contributed by atoms with Crippen LogP contribution in [0.5, 0.6) is 0 Å². The van der Waals surface area contributed by atoms with E-state index in [1.807, 2.05) is 13.8 Å². The van der Waals surface area contributed by atoms with Crippen molar-refractivity contribution in [3.8, 4) is 0 Å². The van der Waals surface area contributed by atoms with Gasteiger partial charge in [-0.25, -0.2) is 0 Å². The molecule has 0 aliphatic rings. The summed E-state index contributed by atoms with van der Waals surface area (Å²) in [5.74, 6) is -0.256. The fraction of sp³-hybridized carbons (Fsp3) is 0.636. The summed E-state index contributed by atoms with van der Waals surface area (Å²) in [6.45, 7) is 9.16. The van der Waals surface area contributed by atoms with E-state index < -0.39 is 6.10 Å². The first-order valence-corrected chi connectivity index (χ1v) is 4.75. The number of rotatable bonds is 7. The van der Waals surface area contributed by atoms with Gasteiger partial charge in [-0.05, 0) is 20.3 Å². The van der Waals surface area contributed by atoms with Crippen molar-refractivity contribution in [2.45, 2.75) is 39.7 Å². The molecule has 1 atom stereocenters. The lowest BCUT2D eigenvalue weighted by Crippen LogP contribution is -2.25. The fourth-order valence-corrected chi connectivity index (χ4v) is 1.04. The van der Waals surface area contributed by atoms with Gasteiger partial charge in [0.1, 0.15) is 11.9 Å². The summed E-state index contributed by atoms with van der Waals surface area (Å²) in [6, 6.07) is 0. The lowest BCUT2D eigenvalue weighted by atomic mass is 10.1. The van der Waals surface area contributed by atoms with Gasteiger partial charge in [-0.15, -0.1) is 0 Å². The highest BCUT2D eigenvalue weighted by molar-refractivity contribution is 6.00. The predicted octanol–water partition coefficient (Wildman–Crippen LogP) is 1.91. The normalized spacial score (nSPS) is 12.2. The van der Waals surface area contributed by atoms with Crippen LogP contribution in [0.25, 0.3) is 0 Å². The van der Waals surface area contributed by atoms with Gasteiger partial charge < -0.3 is 4.74 Å². The number of hydrogen-bond acceptors (Lipinski definition) is 3. The van der Waals surface area contributed by atoms with Crippen LogP contribution in [-0.2, 0) is 14.3 Å². The molecule has 0 N–H and O–H groups in total. The molecule has 0 aromatic heterocycles. The minimum absolute atomic E-state index is 0.0330. The molecule has 0 aliphatic carbocycles. The summed E-state index contributed by atoms with van der Waals surface area (Å²) in [4.78, 5) is 22.1. The Bertz CT molecular complexity index is 231. The quantitative estimate of drug-likeness (QED) is 0.463. The fourth-order valence-electron chi connectivity index (χ4n) is 1.04. The van der Waals surface area contributed by atoms with E-state index in [9.17, 15) is 9.59 Å². The highest BCUT2D eigenvalue weighted by atomic mass is 16.5. The van der Waals surface area contributed by atoms with E-state index in [-0.39, 0.29) is 18.0 Å². The van der Waals surface area contributed by atoms with Crippen LogP contribution in [0.1, 0.15) is 33.6 Å². The number of ketones is 2. The summed E-state index contributed by atoms with van der Waals surface area (Å²) in [6.07, 6.45) is 0.101. The van der Waals surface area contributed by atoms with Gasteiger partial charge in [-0.1, -0.05) is 19.1 Å². The third-order valence-electron chi connectivity index (χ3n) is 1.68. The van der Waals surface area contributed by atoms with Crippen molar-refractivity contribution in [1.82, 2.24) is 0 Å². The van der Waals surface area contributed by atoms with Crippen molar-refractivity contribution >= 4 is 11.6 Å². The van der Waals surface area contributed by atoms with E-state index in [4.69, 9.17) is 4.74 Å². The Morgan fingerprint density at radius 3 is 2.29 bits per heavy atom. The molecule has 0 aliphatic heterocycles. The smallest absolute Gasteiger partial charge is 0.168 e. The molecule has 0 amide bonds. The zero-order valence-corrected chi connectivity index (χ0v) is 9.13. The second kappa shape index (κ2) is 6.49. The lowest BCUT2D eigenvalue weighted by Gasteiger charge is -2.13. The summed E-state index contributed by atoms with van der Waals surface area (Å²) in [5.41, 5.74) is 0.874. The Balaban J connectivity index is 4.05. The van der Waals surface area contributed by atoms with Crippen molar-refractivity contribution in [1.29, 1.82) is 0 Å². The maximum atomic E-state index is 11.4. The maximum absolute atomic E-state index is 11.4. The number of carbonyl (C=O) groups is 2. The summed E-state index contributed by atoms with van der Waals surface area (Å²) >= 11 is 0. The Labute approximate surface area is 85.1 Å². The topological polar surface area (TPSA) is 43.4 Å². The van der Waals surface area contributed by atoms with Crippen molar-refractivity contribution in [3.63, 3.8) is 0 Å².